The largest absolute Gasteiger partial charge is 0.462 e. The number of benzene rings is 1. The van der Waals surface area contributed by atoms with Crippen LogP contribution in [0.1, 0.15) is 107 Å². The van der Waals surface area contributed by atoms with Gasteiger partial charge in [-0.3, -0.25) is 0 Å². The third-order valence-corrected chi connectivity index (χ3v) is 4.74. The maximum absolute atomic E-state index is 11.8. The van der Waals surface area contributed by atoms with Crippen molar-refractivity contribution < 1.29 is 9.53 Å². The molecular weight excluding hydrogens is 315 g/mol. The molecule has 0 aliphatic heterocycles. The van der Waals surface area contributed by atoms with Gasteiger partial charge in [0.1, 0.15) is 0 Å². The molecule has 0 aromatic heterocycles. The number of ether oxygens (including phenoxy) is 1. The van der Waals surface area contributed by atoms with E-state index in [2.05, 4.69) is 6.92 Å². The fourth-order valence-corrected chi connectivity index (χ4v) is 3.12. The molecule has 3 heteroatoms. The van der Waals surface area contributed by atoms with Crippen LogP contribution >= 0.6 is 0 Å². The Balaban J connectivity index is 0.00000625. The molecule has 0 saturated heterocycles. The van der Waals surface area contributed by atoms with Gasteiger partial charge >= 0.3 is 5.97 Å². The van der Waals surface area contributed by atoms with Crippen LogP contribution in [0.4, 0.5) is 0 Å². The molecule has 1 rings (SSSR count). The minimum Gasteiger partial charge on any atom is -0.462 e. The van der Waals surface area contributed by atoms with Crippen molar-refractivity contribution in [1.82, 2.24) is 0 Å². The summed E-state index contributed by atoms with van der Waals surface area (Å²) in [5, 5.41) is 0. The third-order valence-electron chi connectivity index (χ3n) is 4.74. The first-order valence-corrected chi connectivity index (χ1v) is 10.6. The van der Waals surface area contributed by atoms with Crippen LogP contribution in [-0.4, -0.2) is 31.4 Å². The Kier molecular flexibility index (Phi) is 18.5. The standard InChI is InChI=1S/C23H38O2.Li/c1-2-3-4-5-6-7-8-9-10-11-12-13-14-18-21-25-23(24)22-19-16-15-17-20-22;/h15-17,19-20H,2-14,18,21H2,1H3;. The predicted octanol–water partition coefficient (Wildman–Crippen LogP) is 6.94. The van der Waals surface area contributed by atoms with E-state index < -0.39 is 0 Å². The van der Waals surface area contributed by atoms with E-state index in [1.807, 2.05) is 18.2 Å². The number of carbonyl (C=O) groups excluding carboxylic acids is 1. The van der Waals surface area contributed by atoms with Crippen molar-refractivity contribution in [2.75, 3.05) is 6.61 Å². The summed E-state index contributed by atoms with van der Waals surface area (Å²) >= 11 is 0. The summed E-state index contributed by atoms with van der Waals surface area (Å²) < 4.78 is 5.30. The van der Waals surface area contributed by atoms with E-state index in [1.54, 1.807) is 12.1 Å². The summed E-state index contributed by atoms with van der Waals surface area (Å²) in [6.07, 6.45) is 18.8. The number of unbranched alkanes of at least 4 members (excludes halogenated alkanes) is 13. The zero-order valence-corrected chi connectivity index (χ0v) is 17.3. The first kappa shape index (κ1) is 25.3. The third kappa shape index (κ3) is 14.5. The number of rotatable bonds is 16. The topological polar surface area (TPSA) is 26.3 Å². The Morgan fingerprint density at radius 3 is 1.58 bits per heavy atom. The molecule has 0 unspecified atom stereocenters. The second-order valence-electron chi connectivity index (χ2n) is 7.10. The maximum atomic E-state index is 11.8. The van der Waals surface area contributed by atoms with E-state index in [4.69, 9.17) is 4.74 Å². The van der Waals surface area contributed by atoms with Gasteiger partial charge in [-0.15, -0.1) is 0 Å². The average Bonchev–Trinajstić information content (AvgIpc) is 2.65. The number of carbonyl (C=O) groups is 1. The second-order valence-corrected chi connectivity index (χ2v) is 7.10. The summed E-state index contributed by atoms with van der Waals surface area (Å²) in [5.41, 5.74) is 0.646. The molecule has 1 radical (unpaired) electrons. The average molecular weight is 353 g/mol. The van der Waals surface area contributed by atoms with Gasteiger partial charge in [-0.1, -0.05) is 109 Å². The van der Waals surface area contributed by atoms with Crippen molar-refractivity contribution in [3.63, 3.8) is 0 Å². The number of hydrogen-bond donors (Lipinski definition) is 0. The van der Waals surface area contributed by atoms with E-state index >= 15 is 0 Å². The van der Waals surface area contributed by atoms with Crippen molar-refractivity contribution in [3.05, 3.63) is 35.9 Å². The second kappa shape index (κ2) is 19.1. The molecule has 0 amide bonds. The van der Waals surface area contributed by atoms with Crippen LogP contribution in [0, 0.1) is 0 Å². The molecule has 0 bridgehead atoms. The Morgan fingerprint density at radius 2 is 1.12 bits per heavy atom. The number of esters is 1. The minimum atomic E-state index is -0.199. The molecule has 0 spiro atoms. The van der Waals surface area contributed by atoms with Gasteiger partial charge in [-0.2, -0.15) is 0 Å². The molecule has 0 heterocycles. The van der Waals surface area contributed by atoms with Crippen LogP contribution < -0.4 is 0 Å². The molecule has 0 aliphatic carbocycles. The summed E-state index contributed by atoms with van der Waals surface area (Å²) in [6.45, 7) is 2.82. The van der Waals surface area contributed by atoms with E-state index in [0.717, 1.165) is 6.42 Å². The van der Waals surface area contributed by atoms with Gasteiger partial charge in [0.2, 0.25) is 0 Å². The van der Waals surface area contributed by atoms with Crippen molar-refractivity contribution in [3.8, 4) is 0 Å². The van der Waals surface area contributed by atoms with Gasteiger partial charge in [0.25, 0.3) is 0 Å². The van der Waals surface area contributed by atoms with Crippen LogP contribution in [-0.2, 0) is 4.74 Å². The van der Waals surface area contributed by atoms with Crippen molar-refractivity contribution >= 4 is 24.8 Å². The maximum Gasteiger partial charge on any atom is 0.338 e. The molecule has 1 aromatic rings. The number of hydrogen-bond acceptors (Lipinski definition) is 2. The van der Waals surface area contributed by atoms with Crippen LogP contribution in [0.2, 0.25) is 0 Å². The van der Waals surface area contributed by atoms with Gasteiger partial charge in [0, 0.05) is 18.9 Å². The monoisotopic (exact) mass is 353 g/mol. The Bertz CT molecular complexity index is 419. The molecule has 0 fully saturated rings. The molecule has 2 nitrogen and oxygen atoms in total. The summed E-state index contributed by atoms with van der Waals surface area (Å²) in [7, 11) is 0. The molecule has 0 atom stereocenters. The van der Waals surface area contributed by atoms with Crippen LogP contribution in [0.5, 0.6) is 0 Å². The predicted molar refractivity (Wildman–Crippen MR) is 113 cm³/mol. The van der Waals surface area contributed by atoms with Gasteiger partial charge in [0.05, 0.1) is 12.2 Å². The molecule has 143 valence electrons. The normalized spacial score (nSPS) is 10.3. The SMILES string of the molecule is CCCCCCCCCCCCCCCCOC(=O)c1ccccc1.[Li]. The Labute approximate surface area is 173 Å². The summed E-state index contributed by atoms with van der Waals surface area (Å²) in [5.74, 6) is -0.199. The van der Waals surface area contributed by atoms with Crippen molar-refractivity contribution in [1.29, 1.82) is 0 Å². The van der Waals surface area contributed by atoms with Gasteiger partial charge in [-0.25, -0.2) is 4.79 Å². The zero-order chi connectivity index (χ0) is 18.0. The van der Waals surface area contributed by atoms with Gasteiger partial charge in [-0.05, 0) is 18.6 Å². The summed E-state index contributed by atoms with van der Waals surface area (Å²) in [6, 6.07) is 9.23. The van der Waals surface area contributed by atoms with E-state index in [1.165, 1.54) is 83.5 Å². The fourth-order valence-electron chi connectivity index (χ4n) is 3.12. The van der Waals surface area contributed by atoms with Gasteiger partial charge < -0.3 is 4.74 Å². The molecule has 0 saturated carbocycles. The van der Waals surface area contributed by atoms with Crippen molar-refractivity contribution in [2.24, 2.45) is 0 Å². The summed E-state index contributed by atoms with van der Waals surface area (Å²) in [4.78, 5) is 11.8. The first-order chi connectivity index (χ1) is 12.3. The molecule has 26 heavy (non-hydrogen) atoms. The Hall–Kier alpha value is -0.713. The fraction of sp³-hybridized carbons (Fsp3) is 0.696. The molecular formula is C23H38LiO2. The minimum absolute atomic E-state index is 0. The van der Waals surface area contributed by atoms with Crippen LogP contribution in [0.15, 0.2) is 30.3 Å². The van der Waals surface area contributed by atoms with Crippen LogP contribution in [0.3, 0.4) is 0 Å². The first-order valence-electron chi connectivity index (χ1n) is 10.6. The van der Waals surface area contributed by atoms with Gasteiger partial charge in [0.15, 0.2) is 0 Å². The van der Waals surface area contributed by atoms with Crippen molar-refractivity contribution in [2.45, 2.75) is 96.8 Å². The van der Waals surface area contributed by atoms with E-state index in [0.29, 0.717) is 12.2 Å². The molecule has 0 aliphatic rings. The van der Waals surface area contributed by atoms with E-state index in [9.17, 15) is 4.79 Å². The molecule has 1 aromatic carbocycles. The Morgan fingerprint density at radius 1 is 0.692 bits per heavy atom. The quantitative estimate of drug-likeness (QED) is 0.183. The van der Waals surface area contributed by atoms with Crippen LogP contribution in [0.25, 0.3) is 0 Å². The zero-order valence-electron chi connectivity index (χ0n) is 17.3. The smallest absolute Gasteiger partial charge is 0.338 e. The van der Waals surface area contributed by atoms with E-state index in [-0.39, 0.29) is 24.8 Å². The molecule has 0 N–H and O–H groups in total.